The van der Waals surface area contributed by atoms with Gasteiger partial charge >= 0.3 is 0 Å². The lowest BCUT2D eigenvalue weighted by Crippen LogP contribution is -2.32. The predicted octanol–water partition coefficient (Wildman–Crippen LogP) is 1.68. The lowest BCUT2D eigenvalue weighted by atomic mass is 10.1. The van der Waals surface area contributed by atoms with Gasteiger partial charge in [0.15, 0.2) is 0 Å². The molecule has 21 heavy (non-hydrogen) atoms. The van der Waals surface area contributed by atoms with Crippen molar-refractivity contribution >= 4 is 21.6 Å². The van der Waals surface area contributed by atoms with Crippen molar-refractivity contribution in [2.45, 2.75) is 26.7 Å². The molecule has 1 atom stereocenters. The van der Waals surface area contributed by atoms with Crippen LogP contribution in [0.4, 0.5) is 5.69 Å². The molecule has 6 heteroatoms. The van der Waals surface area contributed by atoms with E-state index in [1.807, 2.05) is 38.1 Å². The number of aryl methyl sites for hydroxylation is 1. The van der Waals surface area contributed by atoms with Crippen LogP contribution in [0.3, 0.4) is 0 Å². The molecule has 1 amide bonds. The molecule has 5 nitrogen and oxygen atoms in total. The number of carbonyl (C=O) groups is 1. The van der Waals surface area contributed by atoms with Gasteiger partial charge in [-0.25, -0.2) is 13.1 Å². The highest BCUT2D eigenvalue weighted by molar-refractivity contribution is 7.89. The maximum absolute atomic E-state index is 12.1. The summed E-state index contributed by atoms with van der Waals surface area (Å²) in [4.78, 5) is 13.8. The van der Waals surface area contributed by atoms with Gasteiger partial charge in [0, 0.05) is 25.2 Å². The highest BCUT2D eigenvalue weighted by atomic mass is 32.2. The van der Waals surface area contributed by atoms with E-state index in [0.717, 1.165) is 11.3 Å². The van der Waals surface area contributed by atoms with E-state index in [-0.39, 0.29) is 17.6 Å². The van der Waals surface area contributed by atoms with Crippen LogP contribution in [0.5, 0.6) is 0 Å². The highest BCUT2D eigenvalue weighted by Gasteiger charge is 2.31. The summed E-state index contributed by atoms with van der Waals surface area (Å²) in [6.45, 7) is 4.73. The lowest BCUT2D eigenvalue weighted by Gasteiger charge is -2.17. The Morgan fingerprint density at radius 3 is 2.57 bits per heavy atom. The van der Waals surface area contributed by atoms with Gasteiger partial charge in [0.1, 0.15) is 0 Å². The fourth-order valence-corrected chi connectivity index (χ4v) is 3.65. The average molecular weight is 310 g/mol. The molecule has 1 aromatic rings. The number of nitrogens with one attached hydrogen (secondary N) is 1. The summed E-state index contributed by atoms with van der Waals surface area (Å²) in [5.41, 5.74) is 2.03. The summed E-state index contributed by atoms with van der Waals surface area (Å²) in [5.74, 6) is 0.221. The first-order valence-electron chi connectivity index (χ1n) is 7.25. The second kappa shape index (κ2) is 6.58. The minimum atomic E-state index is -3.20. The van der Waals surface area contributed by atoms with Crippen molar-refractivity contribution in [2.24, 2.45) is 5.92 Å². The molecule has 1 fully saturated rings. The molecule has 2 rings (SSSR count). The van der Waals surface area contributed by atoms with Gasteiger partial charge in [-0.2, -0.15) is 0 Å². The normalized spacial score (nSPS) is 19.2. The first-order chi connectivity index (χ1) is 9.91. The van der Waals surface area contributed by atoms with Gasteiger partial charge in [-0.1, -0.05) is 24.6 Å². The molecule has 1 aromatic carbocycles. The van der Waals surface area contributed by atoms with E-state index in [9.17, 15) is 13.2 Å². The molecule has 0 radical (unpaired) electrons. The Balaban J connectivity index is 1.95. The summed E-state index contributed by atoms with van der Waals surface area (Å²) >= 11 is 0. The van der Waals surface area contributed by atoms with E-state index in [4.69, 9.17) is 0 Å². The Morgan fingerprint density at radius 2 is 1.95 bits per heavy atom. The number of hydrogen-bond donors (Lipinski definition) is 1. The molecule has 116 valence electrons. The quantitative estimate of drug-likeness (QED) is 0.869. The van der Waals surface area contributed by atoms with Crippen LogP contribution in [0.25, 0.3) is 0 Å². The van der Waals surface area contributed by atoms with Crippen LogP contribution >= 0.6 is 0 Å². The van der Waals surface area contributed by atoms with Gasteiger partial charge in [0.2, 0.25) is 15.9 Å². The smallest absolute Gasteiger partial charge is 0.227 e. The molecular formula is C15H22N2O3S. The maximum atomic E-state index is 12.1. The second-order valence-corrected chi connectivity index (χ2v) is 7.50. The number of carbonyl (C=O) groups excluding carboxylic acids is 1. The van der Waals surface area contributed by atoms with Crippen LogP contribution in [0.1, 0.15) is 25.3 Å². The van der Waals surface area contributed by atoms with Gasteiger partial charge < -0.3 is 4.90 Å². The third kappa shape index (κ3) is 4.28. The molecular weight excluding hydrogens is 288 g/mol. The summed E-state index contributed by atoms with van der Waals surface area (Å²) in [5, 5.41) is 0. The van der Waals surface area contributed by atoms with Crippen molar-refractivity contribution in [1.82, 2.24) is 4.72 Å². The van der Waals surface area contributed by atoms with Gasteiger partial charge in [-0.3, -0.25) is 4.79 Å². The Labute approximate surface area is 126 Å². The van der Waals surface area contributed by atoms with E-state index in [1.54, 1.807) is 4.90 Å². The third-order valence-corrected chi connectivity index (χ3v) is 5.17. The number of amides is 1. The standard InChI is InChI=1S/C15H22N2O3S/c1-3-8-21(19,20)16-10-13-9-15(18)17(11-13)14-6-4-12(2)5-7-14/h4-7,13,16H,3,8-11H2,1-2H3/t13-/m0/s1. The monoisotopic (exact) mass is 310 g/mol. The lowest BCUT2D eigenvalue weighted by molar-refractivity contribution is -0.117. The van der Waals surface area contributed by atoms with E-state index < -0.39 is 10.0 Å². The van der Waals surface area contributed by atoms with Gasteiger partial charge in [0.25, 0.3) is 0 Å². The van der Waals surface area contributed by atoms with Crippen molar-refractivity contribution in [3.8, 4) is 0 Å². The van der Waals surface area contributed by atoms with Crippen molar-refractivity contribution in [3.05, 3.63) is 29.8 Å². The van der Waals surface area contributed by atoms with Crippen molar-refractivity contribution in [3.63, 3.8) is 0 Å². The minimum Gasteiger partial charge on any atom is -0.312 e. The third-order valence-electron chi connectivity index (χ3n) is 3.62. The molecule has 1 aliphatic rings. The molecule has 0 unspecified atom stereocenters. The molecule has 1 saturated heterocycles. The van der Waals surface area contributed by atoms with E-state index in [2.05, 4.69) is 4.72 Å². The average Bonchev–Trinajstić information content (AvgIpc) is 2.79. The van der Waals surface area contributed by atoms with E-state index >= 15 is 0 Å². The number of hydrogen-bond acceptors (Lipinski definition) is 3. The predicted molar refractivity (Wildman–Crippen MR) is 83.7 cm³/mol. The summed E-state index contributed by atoms with van der Waals surface area (Å²) in [6, 6.07) is 7.80. The molecule has 0 aliphatic carbocycles. The maximum Gasteiger partial charge on any atom is 0.227 e. The van der Waals surface area contributed by atoms with E-state index in [0.29, 0.717) is 25.9 Å². The summed E-state index contributed by atoms with van der Waals surface area (Å²) in [6.07, 6.45) is 0.983. The van der Waals surface area contributed by atoms with E-state index in [1.165, 1.54) is 0 Å². The molecule has 1 aliphatic heterocycles. The number of rotatable bonds is 6. The zero-order valence-electron chi connectivity index (χ0n) is 12.5. The Hall–Kier alpha value is -1.40. The topological polar surface area (TPSA) is 66.5 Å². The molecule has 0 aromatic heterocycles. The molecule has 0 saturated carbocycles. The van der Waals surface area contributed by atoms with Gasteiger partial charge in [-0.15, -0.1) is 0 Å². The molecule has 0 spiro atoms. The SMILES string of the molecule is CCCS(=O)(=O)NC[C@@H]1CC(=O)N(c2ccc(C)cc2)C1. The fourth-order valence-electron chi connectivity index (χ4n) is 2.48. The van der Waals surface area contributed by atoms with Crippen LogP contribution in [-0.4, -0.2) is 33.2 Å². The van der Waals surface area contributed by atoms with Crippen LogP contribution in [0.15, 0.2) is 24.3 Å². The van der Waals surface area contributed by atoms with Crippen LogP contribution in [-0.2, 0) is 14.8 Å². The van der Waals surface area contributed by atoms with Crippen molar-refractivity contribution < 1.29 is 13.2 Å². The first-order valence-corrected chi connectivity index (χ1v) is 8.91. The van der Waals surface area contributed by atoms with Crippen molar-refractivity contribution in [2.75, 3.05) is 23.7 Å². The fraction of sp³-hybridized carbons (Fsp3) is 0.533. The largest absolute Gasteiger partial charge is 0.312 e. The number of sulfonamides is 1. The number of nitrogens with zero attached hydrogens (tertiary/aromatic N) is 1. The van der Waals surface area contributed by atoms with Crippen molar-refractivity contribution in [1.29, 1.82) is 0 Å². The van der Waals surface area contributed by atoms with Gasteiger partial charge in [-0.05, 0) is 31.4 Å². The molecule has 1 heterocycles. The van der Waals surface area contributed by atoms with Gasteiger partial charge in [0.05, 0.1) is 5.75 Å². The highest BCUT2D eigenvalue weighted by Crippen LogP contribution is 2.25. The first kappa shape index (κ1) is 16.0. The summed E-state index contributed by atoms with van der Waals surface area (Å²) in [7, 11) is -3.20. The minimum absolute atomic E-state index is 0.0328. The number of anilines is 1. The zero-order chi connectivity index (χ0) is 15.5. The Kier molecular flexibility index (Phi) is 5.00. The zero-order valence-corrected chi connectivity index (χ0v) is 13.3. The molecule has 0 bridgehead atoms. The summed E-state index contributed by atoms with van der Waals surface area (Å²) < 4.78 is 25.9. The van der Waals surface area contributed by atoms with Crippen LogP contribution in [0, 0.1) is 12.8 Å². The van der Waals surface area contributed by atoms with Crippen LogP contribution in [0.2, 0.25) is 0 Å². The van der Waals surface area contributed by atoms with Crippen LogP contribution < -0.4 is 9.62 Å². The number of benzene rings is 1. The Morgan fingerprint density at radius 1 is 1.29 bits per heavy atom. The Bertz CT molecular complexity index is 596. The second-order valence-electron chi connectivity index (χ2n) is 5.58. The molecule has 1 N–H and O–H groups in total.